The molecule has 0 spiro atoms. The van der Waals surface area contributed by atoms with Gasteiger partial charge in [-0.05, 0) is 49.2 Å². The number of nitrogens with zero attached hydrogens (tertiary/aromatic N) is 3. The Bertz CT molecular complexity index is 1190. The smallest absolute Gasteiger partial charge is 0.325 e. The maximum atomic E-state index is 13.2. The van der Waals surface area contributed by atoms with Gasteiger partial charge in [0.25, 0.3) is 0 Å². The Labute approximate surface area is 173 Å². The van der Waals surface area contributed by atoms with E-state index in [0.29, 0.717) is 18.4 Å². The first-order chi connectivity index (χ1) is 14.2. The molecule has 0 bridgehead atoms. The van der Waals surface area contributed by atoms with Gasteiger partial charge in [0.1, 0.15) is 22.0 Å². The normalized spacial score (nSPS) is 18.0. The van der Waals surface area contributed by atoms with Crippen LogP contribution in [0, 0.1) is 0 Å². The molecule has 1 aromatic heterocycles. The molecule has 2 heterocycles. The van der Waals surface area contributed by atoms with E-state index >= 15 is 0 Å². The largest absolute Gasteiger partial charge is 0.416 e. The molecular formula is C18H15F3N4O3S2. The van der Waals surface area contributed by atoms with Crippen molar-refractivity contribution in [3.63, 3.8) is 0 Å². The first-order valence-electron chi connectivity index (χ1n) is 8.89. The molecule has 1 aliphatic rings. The summed E-state index contributed by atoms with van der Waals surface area (Å²) in [5.41, 5.74) is 0.0147. The number of alkyl halides is 3. The second-order valence-electron chi connectivity index (χ2n) is 6.73. The molecule has 30 heavy (non-hydrogen) atoms. The number of benzene rings is 2. The van der Waals surface area contributed by atoms with Gasteiger partial charge in [-0.15, -0.1) is 0 Å². The summed E-state index contributed by atoms with van der Waals surface area (Å²) < 4.78 is 73.7. The van der Waals surface area contributed by atoms with Crippen molar-refractivity contribution >= 4 is 44.4 Å². The Balaban J connectivity index is 1.57. The highest BCUT2D eigenvalue weighted by Gasteiger charge is 2.40. The van der Waals surface area contributed by atoms with E-state index in [0.717, 1.165) is 40.3 Å². The van der Waals surface area contributed by atoms with Gasteiger partial charge in [-0.2, -0.15) is 26.2 Å². The molecule has 1 fully saturated rings. The van der Waals surface area contributed by atoms with Crippen molar-refractivity contribution in [3.05, 3.63) is 48.0 Å². The van der Waals surface area contributed by atoms with Gasteiger partial charge in [0.15, 0.2) is 0 Å². The van der Waals surface area contributed by atoms with Crippen molar-refractivity contribution in [3.8, 4) is 0 Å². The first kappa shape index (κ1) is 20.7. The summed E-state index contributed by atoms with van der Waals surface area (Å²) in [6, 6.07) is 7.64. The summed E-state index contributed by atoms with van der Waals surface area (Å²) in [7, 11) is -4.02. The molecule has 12 heteroatoms. The second kappa shape index (κ2) is 7.60. The summed E-state index contributed by atoms with van der Waals surface area (Å²) >= 11 is 0.895. The van der Waals surface area contributed by atoms with E-state index < -0.39 is 33.7 Å². The molecule has 1 saturated heterocycles. The number of sulfonamides is 1. The minimum atomic E-state index is -4.48. The van der Waals surface area contributed by atoms with Crippen LogP contribution in [0.1, 0.15) is 18.4 Å². The minimum Gasteiger partial charge on any atom is -0.325 e. The van der Waals surface area contributed by atoms with Gasteiger partial charge >= 0.3 is 6.18 Å². The Morgan fingerprint density at radius 1 is 1.13 bits per heavy atom. The molecule has 1 amide bonds. The van der Waals surface area contributed by atoms with Crippen molar-refractivity contribution in [2.24, 2.45) is 0 Å². The fraction of sp³-hybridized carbons (Fsp3) is 0.278. The third-order valence-corrected chi connectivity index (χ3v) is 7.30. The van der Waals surface area contributed by atoms with Crippen LogP contribution in [0.5, 0.6) is 0 Å². The van der Waals surface area contributed by atoms with Crippen LogP contribution in [-0.4, -0.2) is 40.0 Å². The quantitative estimate of drug-likeness (QED) is 0.649. The Morgan fingerprint density at radius 3 is 2.57 bits per heavy atom. The highest BCUT2D eigenvalue weighted by Crippen LogP contribution is 2.32. The van der Waals surface area contributed by atoms with Crippen molar-refractivity contribution in [1.82, 2.24) is 13.1 Å². The van der Waals surface area contributed by atoms with Gasteiger partial charge in [0.05, 0.1) is 17.3 Å². The standard InChI is InChI=1S/C18H15F3N4O3S2/c19-18(20,21)11-6-8-12(9-7-11)22-17(26)14-4-2-10-25(14)30(27,28)15-5-1-3-13-16(15)24-29-23-13/h1,3,5-9,14H,2,4,10H2,(H,22,26)/t14-/m0/s1. The number of aromatic nitrogens is 2. The van der Waals surface area contributed by atoms with E-state index in [2.05, 4.69) is 14.1 Å². The van der Waals surface area contributed by atoms with Crippen LogP contribution in [-0.2, 0) is 21.0 Å². The molecule has 1 aliphatic heterocycles. The summed E-state index contributed by atoms with van der Waals surface area (Å²) in [4.78, 5) is 12.7. The molecular weight excluding hydrogens is 441 g/mol. The molecule has 2 aromatic carbocycles. The average Bonchev–Trinajstić information content (AvgIpc) is 3.37. The monoisotopic (exact) mass is 456 g/mol. The van der Waals surface area contributed by atoms with Crippen LogP contribution < -0.4 is 5.32 Å². The van der Waals surface area contributed by atoms with Crippen LogP contribution >= 0.6 is 11.7 Å². The van der Waals surface area contributed by atoms with Gasteiger partial charge in [0.2, 0.25) is 15.9 Å². The number of nitrogens with one attached hydrogen (secondary N) is 1. The highest BCUT2D eigenvalue weighted by molar-refractivity contribution is 7.89. The molecule has 0 saturated carbocycles. The Morgan fingerprint density at radius 2 is 1.87 bits per heavy atom. The van der Waals surface area contributed by atoms with Gasteiger partial charge in [-0.3, -0.25) is 4.79 Å². The third kappa shape index (κ3) is 3.77. The number of anilines is 1. The van der Waals surface area contributed by atoms with Crippen molar-refractivity contribution in [1.29, 1.82) is 0 Å². The fourth-order valence-corrected chi connectivity index (χ4v) is 5.78. The summed E-state index contributed by atoms with van der Waals surface area (Å²) in [5.74, 6) is -0.598. The van der Waals surface area contributed by atoms with Gasteiger partial charge in [-0.1, -0.05) is 6.07 Å². The van der Waals surface area contributed by atoms with Crippen molar-refractivity contribution in [2.75, 3.05) is 11.9 Å². The highest BCUT2D eigenvalue weighted by atomic mass is 32.2. The summed E-state index contributed by atoms with van der Waals surface area (Å²) in [6.45, 7) is 0.154. The summed E-state index contributed by atoms with van der Waals surface area (Å²) in [6.07, 6.45) is -3.70. The van der Waals surface area contributed by atoms with Gasteiger partial charge in [-0.25, -0.2) is 8.42 Å². The van der Waals surface area contributed by atoms with E-state index in [-0.39, 0.29) is 22.6 Å². The zero-order valence-corrected chi connectivity index (χ0v) is 16.9. The number of halogens is 3. The predicted molar refractivity (Wildman–Crippen MR) is 104 cm³/mol. The zero-order valence-electron chi connectivity index (χ0n) is 15.3. The second-order valence-corrected chi connectivity index (χ2v) is 9.11. The molecule has 3 aromatic rings. The molecule has 0 radical (unpaired) electrons. The number of hydrogen-bond donors (Lipinski definition) is 1. The van der Waals surface area contributed by atoms with Crippen LogP contribution in [0.4, 0.5) is 18.9 Å². The lowest BCUT2D eigenvalue weighted by Gasteiger charge is -2.23. The van der Waals surface area contributed by atoms with E-state index in [1.54, 1.807) is 12.1 Å². The van der Waals surface area contributed by atoms with E-state index in [1.165, 1.54) is 6.07 Å². The number of carbonyl (C=O) groups is 1. The lowest BCUT2D eigenvalue weighted by Crippen LogP contribution is -2.43. The molecule has 1 N–H and O–H groups in total. The zero-order chi connectivity index (χ0) is 21.5. The van der Waals surface area contributed by atoms with Crippen LogP contribution in [0.25, 0.3) is 11.0 Å². The van der Waals surface area contributed by atoms with Gasteiger partial charge in [0, 0.05) is 12.2 Å². The predicted octanol–water partition coefficient (Wildman–Crippen LogP) is 3.50. The third-order valence-electron chi connectivity index (χ3n) is 4.82. The van der Waals surface area contributed by atoms with Crippen molar-refractivity contribution in [2.45, 2.75) is 30.0 Å². The molecule has 0 aliphatic carbocycles. The first-order valence-corrected chi connectivity index (χ1v) is 11.1. The van der Waals surface area contributed by atoms with Crippen LogP contribution in [0.2, 0.25) is 0 Å². The van der Waals surface area contributed by atoms with Crippen molar-refractivity contribution < 1.29 is 26.4 Å². The average molecular weight is 456 g/mol. The maximum absolute atomic E-state index is 13.2. The Kier molecular flexibility index (Phi) is 5.24. The molecule has 4 rings (SSSR count). The maximum Gasteiger partial charge on any atom is 0.416 e. The number of carbonyl (C=O) groups excluding carboxylic acids is 1. The lowest BCUT2D eigenvalue weighted by atomic mass is 10.2. The van der Waals surface area contributed by atoms with E-state index in [4.69, 9.17) is 0 Å². The minimum absolute atomic E-state index is 0.0250. The number of fused-ring (bicyclic) bond motifs is 1. The fourth-order valence-electron chi connectivity index (χ4n) is 3.37. The molecule has 1 atom stereocenters. The summed E-state index contributed by atoms with van der Waals surface area (Å²) in [5, 5.41) is 2.51. The Hall–Kier alpha value is -2.57. The number of rotatable bonds is 4. The van der Waals surface area contributed by atoms with Crippen LogP contribution in [0.3, 0.4) is 0 Å². The molecule has 158 valence electrons. The SMILES string of the molecule is O=C(Nc1ccc(C(F)(F)F)cc1)[C@@H]1CCCN1S(=O)(=O)c1cccc2nsnc12. The van der Waals surface area contributed by atoms with E-state index in [9.17, 15) is 26.4 Å². The number of amides is 1. The van der Waals surface area contributed by atoms with Gasteiger partial charge < -0.3 is 5.32 Å². The molecule has 0 unspecified atom stereocenters. The van der Waals surface area contributed by atoms with Crippen LogP contribution in [0.15, 0.2) is 47.4 Å². The topological polar surface area (TPSA) is 92.3 Å². The number of hydrogen-bond acceptors (Lipinski definition) is 6. The lowest BCUT2D eigenvalue weighted by molar-refractivity contribution is -0.137. The van der Waals surface area contributed by atoms with E-state index in [1.807, 2.05) is 0 Å². The molecule has 7 nitrogen and oxygen atoms in total.